The second-order valence-corrected chi connectivity index (χ2v) is 7.15. The third-order valence-corrected chi connectivity index (χ3v) is 5.38. The lowest BCUT2D eigenvalue weighted by molar-refractivity contribution is 1.21. The Morgan fingerprint density at radius 3 is 2.14 bits per heavy atom. The first-order chi connectivity index (χ1) is 14.4. The van der Waals surface area contributed by atoms with Gasteiger partial charge in [0.2, 0.25) is 0 Å². The molecule has 3 aromatic carbocycles. The third-order valence-electron chi connectivity index (χ3n) is 5.38. The topological polar surface area (TPSA) is 30.2 Å². The number of para-hydroxylation sites is 2. The summed E-state index contributed by atoms with van der Waals surface area (Å²) in [6.07, 6.45) is 0. The highest BCUT2D eigenvalue weighted by atomic mass is 15.0. The highest BCUT2D eigenvalue weighted by Crippen LogP contribution is 2.32. The van der Waals surface area contributed by atoms with Crippen LogP contribution in [-0.2, 0) is 0 Å². The fraction of sp³-hybridized carbons (Fsp3) is 0. The van der Waals surface area contributed by atoms with Crippen molar-refractivity contribution in [3.8, 4) is 22.8 Å². The van der Waals surface area contributed by atoms with Gasteiger partial charge in [0.25, 0.3) is 0 Å². The maximum absolute atomic E-state index is 5.09. The molecule has 0 fully saturated rings. The molecule has 0 bridgehead atoms. The smallest absolute Gasteiger partial charge is 0.145 e. The monoisotopic (exact) mass is 371 g/mol. The summed E-state index contributed by atoms with van der Waals surface area (Å²) in [5.41, 5.74) is 6.06. The second kappa shape index (κ2) is 6.28. The Hall–Kier alpha value is -3.98. The summed E-state index contributed by atoms with van der Waals surface area (Å²) in [5.74, 6) is 0.933. The van der Waals surface area contributed by atoms with Gasteiger partial charge in [-0.2, -0.15) is 0 Å². The van der Waals surface area contributed by atoms with Crippen LogP contribution in [0.1, 0.15) is 0 Å². The quantitative estimate of drug-likeness (QED) is 0.354. The molecule has 136 valence electrons. The van der Waals surface area contributed by atoms with Gasteiger partial charge < -0.3 is 0 Å². The number of rotatable bonds is 2. The Labute approximate surface area is 167 Å². The summed E-state index contributed by atoms with van der Waals surface area (Å²) in [6, 6.07) is 35.4. The lowest BCUT2D eigenvalue weighted by atomic mass is 10.1. The molecular weight excluding hydrogens is 354 g/mol. The zero-order chi connectivity index (χ0) is 19.2. The number of aromatic nitrogens is 3. The lowest BCUT2D eigenvalue weighted by Crippen LogP contribution is -1.91. The molecule has 0 spiro atoms. The fourth-order valence-electron chi connectivity index (χ4n) is 4.00. The van der Waals surface area contributed by atoms with Crippen molar-refractivity contribution in [1.82, 2.24) is 14.4 Å². The Kier molecular flexibility index (Phi) is 3.47. The maximum Gasteiger partial charge on any atom is 0.145 e. The molecule has 0 saturated heterocycles. The van der Waals surface area contributed by atoms with Gasteiger partial charge in [0.1, 0.15) is 11.5 Å². The molecule has 0 aliphatic carbocycles. The van der Waals surface area contributed by atoms with E-state index in [1.165, 1.54) is 5.39 Å². The van der Waals surface area contributed by atoms with Crippen LogP contribution in [-0.4, -0.2) is 14.4 Å². The molecule has 6 aromatic rings. The predicted octanol–water partition coefficient (Wildman–Crippen LogP) is 6.37. The lowest BCUT2D eigenvalue weighted by Gasteiger charge is -2.06. The average molecular weight is 371 g/mol. The Bertz CT molecular complexity index is 1500. The number of hydrogen-bond acceptors (Lipinski definition) is 2. The van der Waals surface area contributed by atoms with E-state index in [9.17, 15) is 0 Å². The SMILES string of the molecule is c1ccc(-c2nc(-c3ccc4ccccc4n3)c3ccc4ccccc4n23)cc1. The molecule has 6 rings (SSSR count). The number of fused-ring (bicyclic) bond motifs is 4. The van der Waals surface area contributed by atoms with Gasteiger partial charge in [-0.15, -0.1) is 0 Å². The second-order valence-electron chi connectivity index (χ2n) is 7.15. The van der Waals surface area contributed by atoms with Gasteiger partial charge in [-0.1, -0.05) is 78.9 Å². The van der Waals surface area contributed by atoms with Crippen LogP contribution in [0.15, 0.2) is 103 Å². The average Bonchev–Trinajstić information content (AvgIpc) is 3.20. The van der Waals surface area contributed by atoms with E-state index in [0.717, 1.165) is 44.7 Å². The molecule has 0 N–H and O–H groups in total. The van der Waals surface area contributed by atoms with Gasteiger partial charge in [-0.05, 0) is 29.7 Å². The van der Waals surface area contributed by atoms with E-state index in [0.29, 0.717) is 0 Å². The van der Waals surface area contributed by atoms with Crippen molar-refractivity contribution in [3.05, 3.63) is 103 Å². The summed E-state index contributed by atoms with van der Waals surface area (Å²) in [5, 5.41) is 2.32. The largest absolute Gasteiger partial charge is 0.292 e. The van der Waals surface area contributed by atoms with Crippen LogP contribution < -0.4 is 0 Å². The molecule has 3 aromatic heterocycles. The molecule has 0 atom stereocenters. The zero-order valence-corrected chi connectivity index (χ0v) is 15.7. The van der Waals surface area contributed by atoms with E-state index in [4.69, 9.17) is 9.97 Å². The number of imidazole rings is 1. The van der Waals surface area contributed by atoms with Gasteiger partial charge in [0.05, 0.1) is 22.2 Å². The highest BCUT2D eigenvalue weighted by Gasteiger charge is 2.17. The number of benzene rings is 3. The van der Waals surface area contributed by atoms with Crippen molar-refractivity contribution in [2.75, 3.05) is 0 Å². The molecule has 3 heterocycles. The first-order valence-electron chi connectivity index (χ1n) is 9.70. The number of nitrogens with zero attached hydrogens (tertiary/aromatic N) is 3. The normalized spacial score (nSPS) is 11.4. The van der Waals surface area contributed by atoms with E-state index in [2.05, 4.69) is 83.3 Å². The first-order valence-corrected chi connectivity index (χ1v) is 9.70. The molecule has 3 heteroatoms. The Morgan fingerprint density at radius 2 is 1.24 bits per heavy atom. The van der Waals surface area contributed by atoms with E-state index >= 15 is 0 Å². The summed E-state index contributed by atoms with van der Waals surface area (Å²) < 4.78 is 2.25. The first kappa shape index (κ1) is 16.0. The van der Waals surface area contributed by atoms with Gasteiger partial charge >= 0.3 is 0 Å². The molecule has 3 nitrogen and oxygen atoms in total. The third kappa shape index (κ3) is 2.52. The van der Waals surface area contributed by atoms with Crippen molar-refractivity contribution < 1.29 is 0 Å². The van der Waals surface area contributed by atoms with Crippen LogP contribution in [0.4, 0.5) is 0 Å². The van der Waals surface area contributed by atoms with Gasteiger partial charge in [0, 0.05) is 10.9 Å². The minimum absolute atomic E-state index is 0.888. The molecule has 0 saturated carbocycles. The Morgan fingerprint density at radius 1 is 0.517 bits per heavy atom. The molecule has 0 unspecified atom stereocenters. The van der Waals surface area contributed by atoms with Crippen LogP contribution in [0.25, 0.3) is 50.1 Å². The summed E-state index contributed by atoms with van der Waals surface area (Å²) in [7, 11) is 0. The minimum Gasteiger partial charge on any atom is -0.292 e. The molecule has 0 amide bonds. The summed E-state index contributed by atoms with van der Waals surface area (Å²) in [4.78, 5) is 9.99. The van der Waals surface area contributed by atoms with E-state index in [-0.39, 0.29) is 0 Å². The molecule has 0 aliphatic rings. The fourth-order valence-corrected chi connectivity index (χ4v) is 4.00. The molecule has 0 radical (unpaired) electrons. The number of hydrogen-bond donors (Lipinski definition) is 0. The zero-order valence-electron chi connectivity index (χ0n) is 15.7. The maximum atomic E-state index is 5.09. The Balaban J connectivity index is 1.72. The van der Waals surface area contributed by atoms with Crippen molar-refractivity contribution in [1.29, 1.82) is 0 Å². The van der Waals surface area contributed by atoms with Gasteiger partial charge in [0.15, 0.2) is 0 Å². The molecule has 29 heavy (non-hydrogen) atoms. The van der Waals surface area contributed by atoms with Gasteiger partial charge in [-0.3, -0.25) is 4.40 Å². The standard InChI is InChI=1S/C26H17N3/c1-2-10-20(11-3-1)26-28-25(22-16-14-18-8-4-6-12-21(18)27-22)24-17-15-19-9-5-7-13-23(19)29(24)26/h1-17H. The van der Waals surface area contributed by atoms with E-state index in [1.54, 1.807) is 0 Å². The van der Waals surface area contributed by atoms with Crippen LogP contribution >= 0.6 is 0 Å². The minimum atomic E-state index is 0.888. The van der Waals surface area contributed by atoms with E-state index < -0.39 is 0 Å². The van der Waals surface area contributed by atoms with Crippen LogP contribution in [0, 0.1) is 0 Å². The van der Waals surface area contributed by atoms with E-state index in [1.807, 2.05) is 24.3 Å². The molecule has 0 aliphatic heterocycles. The molecular formula is C26H17N3. The number of pyridine rings is 2. The van der Waals surface area contributed by atoms with Crippen molar-refractivity contribution in [2.24, 2.45) is 0 Å². The summed E-state index contributed by atoms with van der Waals surface area (Å²) >= 11 is 0. The van der Waals surface area contributed by atoms with Crippen LogP contribution in [0.2, 0.25) is 0 Å². The van der Waals surface area contributed by atoms with Crippen LogP contribution in [0.3, 0.4) is 0 Å². The summed E-state index contributed by atoms with van der Waals surface area (Å²) in [6.45, 7) is 0. The van der Waals surface area contributed by atoms with Crippen molar-refractivity contribution >= 4 is 27.3 Å². The van der Waals surface area contributed by atoms with Crippen molar-refractivity contribution in [3.63, 3.8) is 0 Å². The van der Waals surface area contributed by atoms with Crippen molar-refractivity contribution in [2.45, 2.75) is 0 Å². The highest BCUT2D eigenvalue weighted by molar-refractivity contribution is 5.91. The van der Waals surface area contributed by atoms with Gasteiger partial charge in [-0.25, -0.2) is 9.97 Å². The predicted molar refractivity (Wildman–Crippen MR) is 119 cm³/mol. The van der Waals surface area contributed by atoms with Crippen LogP contribution in [0.5, 0.6) is 0 Å².